The molecule has 3 aromatic carbocycles. The van der Waals surface area contributed by atoms with E-state index in [4.69, 9.17) is 4.74 Å². The highest BCUT2D eigenvalue weighted by molar-refractivity contribution is 5.99. The highest BCUT2D eigenvalue weighted by Gasteiger charge is 2.28. The monoisotopic (exact) mass is 679 g/mol. The highest BCUT2D eigenvalue weighted by Crippen LogP contribution is 2.26. The van der Waals surface area contributed by atoms with E-state index in [9.17, 15) is 24.6 Å². The van der Waals surface area contributed by atoms with Crippen LogP contribution in [0.4, 0.5) is 0 Å². The quantitative estimate of drug-likeness (QED) is 0.0728. The number of carboxylic acids is 1. The zero-order valence-electron chi connectivity index (χ0n) is 29.5. The molecular formula is C41H49N3O6. The second kappa shape index (κ2) is 18.2. The van der Waals surface area contributed by atoms with Gasteiger partial charge in [-0.05, 0) is 47.1 Å². The number of aliphatic hydroxyl groups is 1. The molecule has 0 unspecified atom stereocenters. The third-order valence-corrected chi connectivity index (χ3v) is 8.72. The van der Waals surface area contributed by atoms with E-state index in [1.807, 2.05) is 60.7 Å². The first-order valence-corrected chi connectivity index (χ1v) is 17.4. The summed E-state index contributed by atoms with van der Waals surface area (Å²) in [5, 5.41) is 21.2. The van der Waals surface area contributed by atoms with Crippen molar-refractivity contribution in [1.29, 1.82) is 0 Å². The predicted octanol–water partition coefficient (Wildman–Crippen LogP) is 7.45. The number of aromatic nitrogens is 2. The maximum atomic E-state index is 13.3. The van der Waals surface area contributed by atoms with Gasteiger partial charge in [0.15, 0.2) is 11.6 Å². The number of carbonyl (C=O) groups excluding carboxylic acids is 2. The number of hydrogen-bond acceptors (Lipinski definition) is 7. The molecule has 50 heavy (non-hydrogen) atoms. The molecule has 3 N–H and O–H groups in total. The van der Waals surface area contributed by atoms with Gasteiger partial charge in [0.25, 0.3) is 0 Å². The number of aliphatic hydroxyl groups excluding tert-OH is 1. The lowest BCUT2D eigenvalue weighted by Crippen LogP contribution is -2.46. The van der Waals surface area contributed by atoms with Gasteiger partial charge >= 0.3 is 5.97 Å². The molecule has 0 saturated carbocycles. The van der Waals surface area contributed by atoms with Crippen LogP contribution in [0.25, 0.3) is 22.5 Å². The van der Waals surface area contributed by atoms with E-state index in [2.05, 4.69) is 43.0 Å². The summed E-state index contributed by atoms with van der Waals surface area (Å²) in [6, 6.07) is 21.2. The van der Waals surface area contributed by atoms with Crippen LogP contribution in [-0.4, -0.2) is 57.1 Å². The van der Waals surface area contributed by atoms with E-state index >= 15 is 0 Å². The molecule has 0 aliphatic carbocycles. The van der Waals surface area contributed by atoms with Gasteiger partial charge in [-0.3, -0.25) is 9.59 Å². The van der Waals surface area contributed by atoms with E-state index in [-0.39, 0.29) is 24.0 Å². The largest absolute Gasteiger partial charge is 0.494 e. The van der Waals surface area contributed by atoms with Crippen molar-refractivity contribution in [3.63, 3.8) is 0 Å². The second-order valence-electron chi connectivity index (χ2n) is 13.7. The van der Waals surface area contributed by atoms with Gasteiger partial charge in [-0.15, -0.1) is 0 Å². The number of aliphatic carboxylic acids is 1. The first-order chi connectivity index (χ1) is 24.0. The first kappa shape index (κ1) is 37.9. The van der Waals surface area contributed by atoms with Crippen molar-refractivity contribution in [2.45, 2.75) is 84.1 Å². The van der Waals surface area contributed by atoms with Crippen molar-refractivity contribution < 1.29 is 29.3 Å². The predicted molar refractivity (Wildman–Crippen MR) is 195 cm³/mol. The molecule has 1 heterocycles. The second-order valence-corrected chi connectivity index (χ2v) is 13.7. The van der Waals surface area contributed by atoms with Crippen LogP contribution < -0.4 is 10.1 Å². The molecular weight excluding hydrogens is 630 g/mol. The zero-order valence-corrected chi connectivity index (χ0v) is 29.5. The first-order valence-electron chi connectivity index (χ1n) is 17.4. The number of carboxylic acid groups (broad SMARTS) is 1. The number of carbonyl (C=O) groups is 3. The number of ether oxygens (including phenoxy) is 1. The average Bonchev–Trinajstić information content (AvgIpc) is 3.12. The minimum atomic E-state index is -1.47. The summed E-state index contributed by atoms with van der Waals surface area (Å²) in [4.78, 5) is 47.2. The number of amides is 1. The molecule has 1 amide bonds. The standard InChI is InChI=1S/C41H49N3O6/c1-5-6-7-8-9-22-50-35-20-16-29(17-21-35)33-25-42-38(43-26-33)31-12-10-28(11-13-31)23-32(39(47)44-36(27-45)40(48)49)24-37(46)30-14-18-34(19-15-30)41(2,3)4/h10-21,25-26,32,36,45H,5-9,22-24,27H2,1-4H3,(H,44,47)(H,48,49)/t32-,36-/m1/s1. The SMILES string of the molecule is CCCCCCCOc1ccc(-c2cnc(-c3ccc(C[C@H](CC(=O)c4ccc(C(C)(C)C)cc4)C(=O)N[C@H](CO)C(=O)O)cc3)nc2)cc1. The Kier molecular flexibility index (Phi) is 13.8. The summed E-state index contributed by atoms with van der Waals surface area (Å²) < 4.78 is 5.88. The van der Waals surface area contributed by atoms with E-state index in [1.165, 1.54) is 25.7 Å². The fraction of sp³-hybridized carbons (Fsp3) is 0.390. The molecule has 9 nitrogen and oxygen atoms in total. The fourth-order valence-corrected chi connectivity index (χ4v) is 5.57. The van der Waals surface area contributed by atoms with Crippen molar-refractivity contribution in [1.82, 2.24) is 15.3 Å². The molecule has 0 fully saturated rings. The van der Waals surface area contributed by atoms with Crippen LogP contribution in [0.5, 0.6) is 5.75 Å². The van der Waals surface area contributed by atoms with E-state index in [0.29, 0.717) is 18.0 Å². The zero-order chi connectivity index (χ0) is 36.1. The Morgan fingerprint density at radius 1 is 0.800 bits per heavy atom. The van der Waals surface area contributed by atoms with Crippen LogP contribution in [0.15, 0.2) is 85.2 Å². The van der Waals surface area contributed by atoms with Gasteiger partial charge in [-0.25, -0.2) is 14.8 Å². The summed E-state index contributed by atoms with van der Waals surface area (Å²) in [7, 11) is 0. The molecule has 0 radical (unpaired) electrons. The van der Waals surface area contributed by atoms with Crippen LogP contribution >= 0.6 is 0 Å². The fourth-order valence-electron chi connectivity index (χ4n) is 5.57. The molecule has 0 bridgehead atoms. The summed E-state index contributed by atoms with van der Waals surface area (Å²) in [6.45, 7) is 8.42. The topological polar surface area (TPSA) is 139 Å². The number of rotatable bonds is 18. The Morgan fingerprint density at radius 3 is 2.00 bits per heavy atom. The number of benzene rings is 3. The van der Waals surface area contributed by atoms with Gasteiger partial charge in [0, 0.05) is 41.4 Å². The Balaban J connectivity index is 1.41. The van der Waals surface area contributed by atoms with E-state index < -0.39 is 30.4 Å². The third-order valence-electron chi connectivity index (χ3n) is 8.72. The van der Waals surface area contributed by atoms with Gasteiger partial charge in [-0.2, -0.15) is 0 Å². The van der Waals surface area contributed by atoms with Crippen LogP contribution in [0.1, 0.15) is 87.7 Å². The maximum Gasteiger partial charge on any atom is 0.328 e. The summed E-state index contributed by atoms with van der Waals surface area (Å²) in [6.07, 6.45) is 9.60. The number of Topliss-reactive ketones (excluding diaryl/α,β-unsaturated/α-hetero) is 1. The average molecular weight is 680 g/mol. The normalized spacial score (nSPS) is 12.6. The summed E-state index contributed by atoms with van der Waals surface area (Å²) in [5.41, 5.74) is 4.90. The smallest absolute Gasteiger partial charge is 0.328 e. The third kappa shape index (κ3) is 11.1. The lowest BCUT2D eigenvalue weighted by atomic mass is 9.85. The van der Waals surface area contributed by atoms with Crippen molar-refractivity contribution in [3.05, 3.63) is 102 Å². The van der Waals surface area contributed by atoms with E-state index in [0.717, 1.165) is 40.0 Å². The summed E-state index contributed by atoms with van der Waals surface area (Å²) in [5.74, 6) is -1.67. The molecule has 0 saturated heterocycles. The Morgan fingerprint density at radius 2 is 1.42 bits per heavy atom. The highest BCUT2D eigenvalue weighted by atomic mass is 16.5. The Hall–Kier alpha value is -4.89. The van der Waals surface area contributed by atoms with Crippen molar-refractivity contribution in [2.75, 3.05) is 13.2 Å². The lowest BCUT2D eigenvalue weighted by Gasteiger charge is -2.20. The van der Waals surface area contributed by atoms with Crippen molar-refractivity contribution in [3.8, 4) is 28.3 Å². The molecule has 4 rings (SSSR count). The number of nitrogens with one attached hydrogen (secondary N) is 1. The van der Waals surface area contributed by atoms with E-state index in [1.54, 1.807) is 24.5 Å². The maximum absolute atomic E-state index is 13.3. The van der Waals surface area contributed by atoms with Gasteiger partial charge in [-0.1, -0.05) is 114 Å². The van der Waals surface area contributed by atoms with Crippen LogP contribution in [0.2, 0.25) is 0 Å². The number of ketones is 1. The van der Waals surface area contributed by atoms with Crippen LogP contribution in [0, 0.1) is 5.92 Å². The molecule has 4 aromatic rings. The number of hydrogen-bond donors (Lipinski definition) is 3. The number of nitrogens with zero attached hydrogens (tertiary/aromatic N) is 2. The molecule has 1 aromatic heterocycles. The molecule has 0 spiro atoms. The number of unbranched alkanes of at least 4 members (excludes halogenated alkanes) is 4. The molecule has 0 aliphatic heterocycles. The molecule has 264 valence electrons. The van der Waals surface area contributed by atoms with Crippen molar-refractivity contribution in [2.24, 2.45) is 5.92 Å². The minimum Gasteiger partial charge on any atom is -0.494 e. The molecule has 0 aliphatic rings. The van der Waals surface area contributed by atoms with Crippen LogP contribution in [0.3, 0.4) is 0 Å². The van der Waals surface area contributed by atoms with Gasteiger partial charge < -0.3 is 20.3 Å². The van der Waals surface area contributed by atoms with Crippen molar-refractivity contribution >= 4 is 17.7 Å². The van der Waals surface area contributed by atoms with Gasteiger partial charge in [0.2, 0.25) is 5.91 Å². The Labute approximate surface area is 295 Å². The van der Waals surface area contributed by atoms with Gasteiger partial charge in [0.05, 0.1) is 13.2 Å². The van der Waals surface area contributed by atoms with Crippen LogP contribution in [-0.2, 0) is 21.4 Å². The van der Waals surface area contributed by atoms with Gasteiger partial charge in [0.1, 0.15) is 11.8 Å². The lowest BCUT2D eigenvalue weighted by molar-refractivity contribution is -0.143. The minimum absolute atomic E-state index is 0.0753. The molecule has 9 heteroatoms. The Bertz CT molecular complexity index is 1680. The summed E-state index contributed by atoms with van der Waals surface area (Å²) >= 11 is 0. The molecule has 2 atom stereocenters.